The number of hydrogen-bond donors (Lipinski definition) is 2. The number of anilines is 1. The van der Waals surface area contributed by atoms with Crippen LogP contribution in [0.25, 0.3) is 11.3 Å². The topological polar surface area (TPSA) is 70.2 Å². The Morgan fingerprint density at radius 1 is 1.20 bits per heavy atom. The fourth-order valence-corrected chi connectivity index (χ4v) is 3.63. The molecule has 30 heavy (non-hydrogen) atoms. The number of halogens is 2. The molecule has 2 aromatic carbocycles. The number of methoxy groups -OCH3 is 1. The molecule has 0 radical (unpaired) electrons. The molecule has 1 amide bonds. The van der Waals surface area contributed by atoms with Gasteiger partial charge >= 0.3 is 0 Å². The lowest BCUT2D eigenvalue weighted by Gasteiger charge is -2.33. The minimum Gasteiger partial charge on any atom is -0.497 e. The molecule has 1 atom stereocenters. The van der Waals surface area contributed by atoms with Gasteiger partial charge in [-0.25, -0.2) is 8.78 Å². The van der Waals surface area contributed by atoms with Gasteiger partial charge in [0.2, 0.25) is 0 Å². The lowest BCUT2D eigenvalue weighted by molar-refractivity contribution is 0.0928. The van der Waals surface area contributed by atoms with Gasteiger partial charge in [-0.05, 0) is 60.9 Å². The van der Waals surface area contributed by atoms with E-state index in [4.69, 9.17) is 4.74 Å². The number of amides is 1. The highest BCUT2D eigenvalue weighted by molar-refractivity contribution is 5.94. The Hall–Kier alpha value is -3.42. The average Bonchev–Trinajstić information content (AvgIpc) is 3.26. The van der Waals surface area contributed by atoms with Crippen molar-refractivity contribution >= 4 is 11.7 Å². The SMILES string of the molecule is COc1ccc(-c2cc(N3CCC[C@@H](NC(=O)c4cc(F)ccc4F)C3)n[nH]2)cc1. The van der Waals surface area contributed by atoms with Crippen molar-refractivity contribution in [3.8, 4) is 17.0 Å². The molecule has 1 fully saturated rings. The first-order chi connectivity index (χ1) is 14.5. The predicted octanol–water partition coefficient (Wildman–Crippen LogP) is 3.76. The molecule has 0 spiro atoms. The van der Waals surface area contributed by atoms with Crippen LogP contribution in [-0.4, -0.2) is 42.3 Å². The minimum absolute atomic E-state index is 0.185. The van der Waals surface area contributed by atoms with Gasteiger partial charge in [0.25, 0.3) is 5.91 Å². The van der Waals surface area contributed by atoms with Crippen molar-refractivity contribution in [3.63, 3.8) is 0 Å². The smallest absolute Gasteiger partial charge is 0.254 e. The fraction of sp³-hybridized carbons (Fsp3) is 0.273. The van der Waals surface area contributed by atoms with Crippen LogP contribution in [0.4, 0.5) is 14.6 Å². The average molecular weight is 412 g/mol. The van der Waals surface area contributed by atoms with E-state index in [9.17, 15) is 13.6 Å². The molecule has 0 bridgehead atoms. The third-order valence-corrected chi connectivity index (χ3v) is 5.22. The summed E-state index contributed by atoms with van der Waals surface area (Å²) in [4.78, 5) is 14.5. The first kappa shape index (κ1) is 19.9. The number of aromatic amines is 1. The van der Waals surface area contributed by atoms with Crippen LogP contribution >= 0.6 is 0 Å². The highest BCUT2D eigenvalue weighted by Gasteiger charge is 2.24. The molecule has 1 aliphatic heterocycles. The maximum Gasteiger partial charge on any atom is 0.254 e. The van der Waals surface area contributed by atoms with Crippen molar-refractivity contribution in [2.45, 2.75) is 18.9 Å². The van der Waals surface area contributed by atoms with Gasteiger partial charge in [-0.1, -0.05) is 0 Å². The summed E-state index contributed by atoms with van der Waals surface area (Å²) in [6.45, 7) is 1.34. The number of H-pyrrole nitrogens is 1. The number of hydrogen-bond acceptors (Lipinski definition) is 4. The summed E-state index contributed by atoms with van der Waals surface area (Å²) < 4.78 is 32.4. The second-order valence-electron chi connectivity index (χ2n) is 7.25. The molecule has 3 aromatic rings. The van der Waals surface area contributed by atoms with E-state index in [0.717, 1.165) is 60.4 Å². The van der Waals surface area contributed by atoms with E-state index in [-0.39, 0.29) is 11.6 Å². The van der Waals surface area contributed by atoms with E-state index in [1.807, 2.05) is 30.3 Å². The second-order valence-corrected chi connectivity index (χ2v) is 7.25. The quantitative estimate of drug-likeness (QED) is 0.670. The van der Waals surface area contributed by atoms with Gasteiger partial charge in [-0.3, -0.25) is 9.89 Å². The molecule has 156 valence electrons. The highest BCUT2D eigenvalue weighted by Crippen LogP contribution is 2.26. The van der Waals surface area contributed by atoms with Crippen LogP contribution in [0.1, 0.15) is 23.2 Å². The number of nitrogens with one attached hydrogen (secondary N) is 2. The number of carbonyl (C=O) groups is 1. The Morgan fingerprint density at radius 3 is 2.77 bits per heavy atom. The maximum absolute atomic E-state index is 13.9. The second kappa shape index (κ2) is 8.52. The summed E-state index contributed by atoms with van der Waals surface area (Å²) in [7, 11) is 1.62. The fourth-order valence-electron chi connectivity index (χ4n) is 3.63. The van der Waals surface area contributed by atoms with Crippen LogP contribution in [0.2, 0.25) is 0 Å². The number of benzene rings is 2. The molecule has 1 aromatic heterocycles. The zero-order valence-corrected chi connectivity index (χ0v) is 16.5. The van der Waals surface area contributed by atoms with Crippen molar-refractivity contribution in [2.75, 3.05) is 25.1 Å². The van der Waals surface area contributed by atoms with Gasteiger partial charge < -0.3 is 15.0 Å². The van der Waals surface area contributed by atoms with E-state index in [1.54, 1.807) is 7.11 Å². The van der Waals surface area contributed by atoms with E-state index in [1.165, 1.54) is 0 Å². The van der Waals surface area contributed by atoms with Crippen molar-refractivity contribution in [3.05, 3.63) is 65.7 Å². The molecule has 1 saturated heterocycles. The van der Waals surface area contributed by atoms with E-state index in [0.29, 0.717) is 6.54 Å². The Labute approximate surface area is 172 Å². The van der Waals surface area contributed by atoms with Crippen LogP contribution in [0, 0.1) is 11.6 Å². The van der Waals surface area contributed by atoms with Crippen LogP contribution in [-0.2, 0) is 0 Å². The van der Waals surface area contributed by atoms with Crippen molar-refractivity contribution in [2.24, 2.45) is 0 Å². The van der Waals surface area contributed by atoms with Gasteiger partial charge in [0.1, 0.15) is 17.4 Å². The molecule has 2 N–H and O–H groups in total. The van der Waals surface area contributed by atoms with Crippen LogP contribution < -0.4 is 15.0 Å². The molecule has 8 heteroatoms. The number of aromatic nitrogens is 2. The Kier molecular flexibility index (Phi) is 5.65. The largest absolute Gasteiger partial charge is 0.497 e. The third kappa shape index (κ3) is 4.27. The number of carbonyl (C=O) groups excluding carboxylic acids is 1. The summed E-state index contributed by atoms with van der Waals surface area (Å²) in [5.74, 6) is -0.438. The molecule has 2 heterocycles. The van der Waals surface area contributed by atoms with Gasteiger partial charge in [0.15, 0.2) is 5.82 Å². The summed E-state index contributed by atoms with van der Waals surface area (Å²) in [6.07, 6.45) is 1.61. The molecular formula is C22H22F2N4O2. The molecular weight excluding hydrogens is 390 g/mol. The zero-order valence-electron chi connectivity index (χ0n) is 16.5. The van der Waals surface area contributed by atoms with E-state index < -0.39 is 17.5 Å². The van der Waals surface area contributed by atoms with E-state index >= 15 is 0 Å². The van der Waals surface area contributed by atoms with Gasteiger partial charge in [0.05, 0.1) is 18.4 Å². The Bertz CT molecular complexity index is 1040. The maximum atomic E-state index is 13.9. The molecule has 1 aliphatic rings. The van der Waals surface area contributed by atoms with Crippen LogP contribution in [0.5, 0.6) is 5.75 Å². The molecule has 0 unspecified atom stereocenters. The van der Waals surface area contributed by atoms with Gasteiger partial charge in [-0.15, -0.1) is 0 Å². The molecule has 6 nitrogen and oxygen atoms in total. The highest BCUT2D eigenvalue weighted by atomic mass is 19.1. The third-order valence-electron chi connectivity index (χ3n) is 5.22. The first-order valence-electron chi connectivity index (χ1n) is 9.74. The van der Waals surface area contributed by atoms with Crippen molar-refractivity contribution in [1.29, 1.82) is 0 Å². The summed E-state index contributed by atoms with van der Waals surface area (Å²) in [5.41, 5.74) is 1.58. The van der Waals surface area contributed by atoms with Gasteiger partial charge in [-0.2, -0.15) is 5.10 Å². The number of nitrogens with zero attached hydrogens (tertiary/aromatic N) is 2. The lowest BCUT2D eigenvalue weighted by Crippen LogP contribution is -2.48. The normalized spacial score (nSPS) is 16.4. The standard InChI is InChI=1S/C22H22F2N4O2/c1-30-17-7-4-14(5-8-17)20-12-21(27-26-20)28-10-2-3-16(13-28)25-22(29)18-11-15(23)6-9-19(18)24/h4-9,11-12,16H,2-3,10,13H2,1H3,(H,25,29)(H,26,27)/t16-/m1/s1. The number of ether oxygens (including phenoxy) is 1. The zero-order chi connectivity index (χ0) is 21.1. The van der Waals surface area contributed by atoms with Crippen molar-refractivity contribution < 1.29 is 18.3 Å². The Morgan fingerprint density at radius 2 is 2.00 bits per heavy atom. The molecule has 0 saturated carbocycles. The van der Waals surface area contributed by atoms with Crippen LogP contribution in [0.15, 0.2) is 48.5 Å². The lowest BCUT2D eigenvalue weighted by atomic mass is 10.0. The molecule has 4 rings (SSSR count). The van der Waals surface area contributed by atoms with Crippen LogP contribution in [0.3, 0.4) is 0 Å². The van der Waals surface area contributed by atoms with Gasteiger partial charge in [0, 0.05) is 25.2 Å². The Balaban J connectivity index is 1.43. The summed E-state index contributed by atoms with van der Waals surface area (Å²) in [5, 5.41) is 10.3. The monoisotopic (exact) mass is 412 g/mol. The number of rotatable bonds is 5. The summed E-state index contributed by atoms with van der Waals surface area (Å²) >= 11 is 0. The predicted molar refractivity (Wildman–Crippen MR) is 110 cm³/mol. The minimum atomic E-state index is -0.738. The molecule has 0 aliphatic carbocycles. The van der Waals surface area contributed by atoms with Crippen molar-refractivity contribution in [1.82, 2.24) is 15.5 Å². The van der Waals surface area contributed by atoms with E-state index in [2.05, 4.69) is 20.4 Å². The number of piperidine rings is 1. The first-order valence-corrected chi connectivity index (χ1v) is 9.74. The summed E-state index contributed by atoms with van der Waals surface area (Å²) in [6, 6.07) is 12.3.